The number of carboxylic acids is 1. The SMILES string of the molecule is O=C(NCC(C(=O)O)C(F)(F)F)OCC1c2ccccc2-c2ccccc21. The van der Waals surface area contributed by atoms with Crippen LogP contribution in [0, 0.1) is 5.92 Å². The zero-order chi connectivity index (χ0) is 19.6. The highest BCUT2D eigenvalue weighted by molar-refractivity contribution is 5.79. The van der Waals surface area contributed by atoms with Crippen LogP contribution in [-0.4, -0.2) is 36.5 Å². The molecule has 2 aromatic carbocycles. The molecule has 1 unspecified atom stereocenters. The van der Waals surface area contributed by atoms with Crippen molar-refractivity contribution in [2.45, 2.75) is 12.1 Å². The molecule has 27 heavy (non-hydrogen) atoms. The van der Waals surface area contributed by atoms with E-state index in [1.807, 2.05) is 53.8 Å². The fourth-order valence-electron chi connectivity index (χ4n) is 3.18. The number of fused-ring (bicyclic) bond motifs is 3. The Kier molecular flexibility index (Phi) is 5.07. The molecule has 1 aliphatic carbocycles. The molecule has 1 atom stereocenters. The molecule has 5 nitrogen and oxygen atoms in total. The molecule has 3 rings (SSSR count). The topological polar surface area (TPSA) is 75.6 Å². The number of carboxylic acid groups (broad SMARTS) is 1. The van der Waals surface area contributed by atoms with Crippen molar-refractivity contribution in [2.75, 3.05) is 13.2 Å². The molecule has 0 aromatic heterocycles. The van der Waals surface area contributed by atoms with Crippen molar-refractivity contribution in [1.82, 2.24) is 5.32 Å². The van der Waals surface area contributed by atoms with E-state index in [2.05, 4.69) is 0 Å². The molecule has 0 fully saturated rings. The number of halogens is 3. The molecule has 0 bridgehead atoms. The normalized spacial score (nSPS) is 14.2. The molecule has 0 heterocycles. The highest BCUT2D eigenvalue weighted by atomic mass is 19.4. The number of rotatable bonds is 5. The van der Waals surface area contributed by atoms with Gasteiger partial charge in [0.05, 0.1) is 0 Å². The summed E-state index contributed by atoms with van der Waals surface area (Å²) in [6.45, 7) is -1.15. The fourth-order valence-corrected chi connectivity index (χ4v) is 3.18. The van der Waals surface area contributed by atoms with Gasteiger partial charge in [-0.3, -0.25) is 4.79 Å². The van der Waals surface area contributed by atoms with E-state index in [4.69, 9.17) is 9.84 Å². The molecule has 2 N–H and O–H groups in total. The molecule has 0 aliphatic heterocycles. The second kappa shape index (κ2) is 7.30. The maximum atomic E-state index is 12.6. The van der Waals surface area contributed by atoms with Crippen LogP contribution in [0.2, 0.25) is 0 Å². The highest BCUT2D eigenvalue weighted by Gasteiger charge is 2.45. The summed E-state index contributed by atoms with van der Waals surface area (Å²) in [5.74, 6) is -4.97. The predicted molar refractivity (Wildman–Crippen MR) is 90.3 cm³/mol. The second-order valence-electron chi connectivity index (χ2n) is 6.14. The summed E-state index contributed by atoms with van der Waals surface area (Å²) in [5, 5.41) is 10.5. The van der Waals surface area contributed by atoms with E-state index in [0.717, 1.165) is 22.3 Å². The van der Waals surface area contributed by atoms with Gasteiger partial charge in [-0.15, -0.1) is 0 Å². The van der Waals surface area contributed by atoms with E-state index in [-0.39, 0.29) is 12.5 Å². The van der Waals surface area contributed by atoms with E-state index in [1.165, 1.54) is 0 Å². The van der Waals surface area contributed by atoms with Crippen molar-refractivity contribution in [2.24, 2.45) is 5.92 Å². The highest BCUT2D eigenvalue weighted by Crippen LogP contribution is 2.44. The van der Waals surface area contributed by atoms with Gasteiger partial charge in [-0.2, -0.15) is 13.2 Å². The molecule has 0 spiro atoms. The first-order valence-corrected chi connectivity index (χ1v) is 8.17. The molecular weight excluding hydrogens is 363 g/mol. The van der Waals surface area contributed by atoms with Gasteiger partial charge in [-0.25, -0.2) is 4.79 Å². The predicted octanol–water partition coefficient (Wildman–Crippen LogP) is 3.79. The molecule has 2 aromatic rings. The van der Waals surface area contributed by atoms with Gasteiger partial charge in [0.2, 0.25) is 0 Å². The summed E-state index contributed by atoms with van der Waals surface area (Å²) in [5.41, 5.74) is 3.96. The Morgan fingerprint density at radius 3 is 2.04 bits per heavy atom. The number of carbonyl (C=O) groups is 2. The summed E-state index contributed by atoms with van der Waals surface area (Å²) >= 11 is 0. The van der Waals surface area contributed by atoms with Crippen LogP contribution < -0.4 is 5.32 Å². The van der Waals surface area contributed by atoms with Crippen molar-refractivity contribution in [1.29, 1.82) is 0 Å². The zero-order valence-corrected chi connectivity index (χ0v) is 14.0. The Hall–Kier alpha value is -3.03. The van der Waals surface area contributed by atoms with Crippen molar-refractivity contribution in [3.63, 3.8) is 0 Å². The number of alkyl halides is 3. The third-order valence-electron chi connectivity index (χ3n) is 4.49. The summed E-state index contributed by atoms with van der Waals surface area (Å²) in [6.07, 6.45) is -6.05. The van der Waals surface area contributed by atoms with E-state index >= 15 is 0 Å². The van der Waals surface area contributed by atoms with Gasteiger partial charge in [0, 0.05) is 12.5 Å². The number of hydrogen-bond acceptors (Lipinski definition) is 3. The quantitative estimate of drug-likeness (QED) is 0.829. The summed E-state index contributed by atoms with van der Waals surface area (Å²) in [7, 11) is 0. The zero-order valence-electron chi connectivity index (χ0n) is 14.0. The summed E-state index contributed by atoms with van der Waals surface area (Å²) in [4.78, 5) is 22.5. The lowest BCUT2D eigenvalue weighted by molar-refractivity contribution is -0.192. The minimum atomic E-state index is -4.96. The van der Waals surface area contributed by atoms with Gasteiger partial charge in [-0.1, -0.05) is 48.5 Å². The van der Waals surface area contributed by atoms with Crippen molar-refractivity contribution in [3.05, 3.63) is 59.7 Å². The molecule has 1 amide bonds. The first kappa shape index (κ1) is 18.8. The Bertz CT molecular complexity index is 821. The maximum Gasteiger partial charge on any atom is 0.407 e. The van der Waals surface area contributed by atoms with Gasteiger partial charge in [-0.05, 0) is 22.3 Å². The van der Waals surface area contributed by atoms with Crippen LogP contribution in [-0.2, 0) is 9.53 Å². The summed E-state index contributed by atoms with van der Waals surface area (Å²) in [6, 6.07) is 15.2. The monoisotopic (exact) mass is 379 g/mol. The molecule has 0 saturated carbocycles. The van der Waals surface area contributed by atoms with E-state index < -0.39 is 30.7 Å². The maximum absolute atomic E-state index is 12.6. The minimum Gasteiger partial charge on any atom is -0.481 e. The van der Waals surface area contributed by atoms with Crippen molar-refractivity contribution >= 4 is 12.1 Å². The minimum absolute atomic E-state index is 0.0659. The molecule has 0 radical (unpaired) electrons. The van der Waals surface area contributed by atoms with Crippen LogP contribution in [0.3, 0.4) is 0 Å². The van der Waals surface area contributed by atoms with E-state index in [9.17, 15) is 22.8 Å². The van der Waals surface area contributed by atoms with Gasteiger partial charge in [0.15, 0.2) is 5.92 Å². The van der Waals surface area contributed by atoms with Crippen molar-refractivity contribution < 1.29 is 32.6 Å². The van der Waals surface area contributed by atoms with Crippen LogP contribution in [0.5, 0.6) is 0 Å². The third-order valence-corrected chi connectivity index (χ3v) is 4.49. The summed E-state index contributed by atoms with van der Waals surface area (Å²) < 4.78 is 42.9. The standard InChI is InChI=1S/C19H16F3NO4/c20-19(21,22)16(17(24)25)9-23-18(26)27-10-15-13-7-3-1-5-11(13)12-6-2-4-8-14(12)15/h1-8,15-16H,9-10H2,(H,23,26)(H,24,25). The average Bonchev–Trinajstić information content (AvgIpc) is 2.93. The van der Waals surface area contributed by atoms with E-state index in [0.29, 0.717) is 0 Å². The third kappa shape index (κ3) is 3.89. The lowest BCUT2D eigenvalue weighted by Gasteiger charge is -2.18. The number of carbonyl (C=O) groups excluding carboxylic acids is 1. The number of nitrogens with one attached hydrogen (secondary N) is 1. The Morgan fingerprint density at radius 2 is 1.56 bits per heavy atom. The number of hydrogen-bond donors (Lipinski definition) is 2. The molecule has 142 valence electrons. The Balaban J connectivity index is 1.65. The number of amides is 1. The first-order chi connectivity index (χ1) is 12.8. The first-order valence-electron chi connectivity index (χ1n) is 8.17. The van der Waals surface area contributed by atoms with Gasteiger partial charge in [0.25, 0.3) is 0 Å². The van der Waals surface area contributed by atoms with Crippen LogP contribution in [0.25, 0.3) is 11.1 Å². The lowest BCUT2D eigenvalue weighted by atomic mass is 9.98. The lowest BCUT2D eigenvalue weighted by Crippen LogP contribution is -2.41. The van der Waals surface area contributed by atoms with Crippen molar-refractivity contribution in [3.8, 4) is 11.1 Å². The van der Waals surface area contributed by atoms with Crippen LogP contribution in [0.1, 0.15) is 17.0 Å². The van der Waals surface area contributed by atoms with E-state index in [1.54, 1.807) is 0 Å². The fraction of sp³-hybridized carbons (Fsp3) is 0.263. The van der Waals surface area contributed by atoms with Gasteiger partial charge in [0.1, 0.15) is 6.61 Å². The number of ether oxygens (including phenoxy) is 1. The second-order valence-corrected chi connectivity index (χ2v) is 6.14. The van der Waals surface area contributed by atoms with Crippen LogP contribution >= 0.6 is 0 Å². The number of alkyl carbamates (subject to hydrolysis) is 1. The van der Waals surface area contributed by atoms with Gasteiger partial charge >= 0.3 is 18.2 Å². The molecule has 8 heteroatoms. The average molecular weight is 379 g/mol. The molecule has 0 saturated heterocycles. The number of aliphatic carboxylic acids is 1. The van der Waals surface area contributed by atoms with Crippen LogP contribution in [0.15, 0.2) is 48.5 Å². The van der Waals surface area contributed by atoms with Crippen LogP contribution in [0.4, 0.5) is 18.0 Å². The van der Waals surface area contributed by atoms with Gasteiger partial charge < -0.3 is 15.2 Å². The largest absolute Gasteiger partial charge is 0.481 e. The number of benzene rings is 2. The molecular formula is C19H16F3NO4. The Labute approximate surface area is 152 Å². The Morgan fingerprint density at radius 1 is 1.04 bits per heavy atom. The molecule has 1 aliphatic rings. The smallest absolute Gasteiger partial charge is 0.407 e.